The number of ether oxygens (including phenoxy) is 1. The van der Waals surface area contributed by atoms with E-state index in [4.69, 9.17) is 21.6 Å². The first kappa shape index (κ1) is 13.8. The second kappa shape index (κ2) is 5.55. The van der Waals surface area contributed by atoms with Crippen molar-refractivity contribution in [1.29, 1.82) is 5.26 Å². The maximum atomic E-state index is 13.0. The SMILES string of the molecule is N#Cc1ccc(Oc2ccc(F)c(Cl)c2)cc1[N+](=O)[O-]. The fourth-order valence-electron chi connectivity index (χ4n) is 1.50. The Hall–Kier alpha value is -2.65. The molecule has 0 atom stereocenters. The second-order valence-electron chi connectivity index (χ2n) is 3.73. The molecule has 0 saturated heterocycles. The van der Waals surface area contributed by atoms with Crippen LogP contribution >= 0.6 is 11.6 Å². The van der Waals surface area contributed by atoms with Crippen molar-refractivity contribution >= 4 is 17.3 Å². The summed E-state index contributed by atoms with van der Waals surface area (Å²) in [5.41, 5.74) is -0.433. The number of hydrogen-bond donors (Lipinski definition) is 0. The van der Waals surface area contributed by atoms with Crippen LogP contribution in [0.25, 0.3) is 0 Å². The Morgan fingerprint density at radius 1 is 1.25 bits per heavy atom. The number of hydrogen-bond acceptors (Lipinski definition) is 4. The highest BCUT2D eigenvalue weighted by Gasteiger charge is 2.15. The Kier molecular flexibility index (Phi) is 3.82. The van der Waals surface area contributed by atoms with E-state index in [2.05, 4.69) is 0 Å². The molecule has 20 heavy (non-hydrogen) atoms. The predicted molar refractivity (Wildman–Crippen MR) is 69.3 cm³/mol. The van der Waals surface area contributed by atoms with Crippen molar-refractivity contribution in [3.8, 4) is 17.6 Å². The van der Waals surface area contributed by atoms with Gasteiger partial charge in [-0.1, -0.05) is 11.6 Å². The Labute approximate surface area is 117 Å². The van der Waals surface area contributed by atoms with Gasteiger partial charge in [-0.15, -0.1) is 0 Å². The van der Waals surface area contributed by atoms with Crippen LogP contribution in [0.2, 0.25) is 5.02 Å². The van der Waals surface area contributed by atoms with Crippen molar-refractivity contribution in [2.75, 3.05) is 0 Å². The molecule has 0 aliphatic carbocycles. The van der Waals surface area contributed by atoms with Gasteiger partial charge in [0, 0.05) is 6.07 Å². The molecule has 0 bridgehead atoms. The van der Waals surface area contributed by atoms with Gasteiger partial charge in [0.1, 0.15) is 28.9 Å². The highest BCUT2D eigenvalue weighted by atomic mass is 35.5. The molecule has 2 aromatic rings. The lowest BCUT2D eigenvalue weighted by atomic mass is 10.2. The van der Waals surface area contributed by atoms with Crippen molar-refractivity contribution in [1.82, 2.24) is 0 Å². The lowest BCUT2D eigenvalue weighted by Gasteiger charge is -2.06. The molecule has 5 nitrogen and oxygen atoms in total. The number of nitrogens with zero attached hydrogens (tertiary/aromatic N) is 2. The minimum atomic E-state index is -0.678. The zero-order valence-electron chi connectivity index (χ0n) is 9.84. The zero-order chi connectivity index (χ0) is 14.7. The second-order valence-corrected chi connectivity index (χ2v) is 4.13. The summed E-state index contributed by atoms with van der Waals surface area (Å²) >= 11 is 5.60. The van der Waals surface area contributed by atoms with Crippen molar-refractivity contribution < 1.29 is 14.1 Å². The minimum absolute atomic E-state index is 0.0699. The van der Waals surface area contributed by atoms with Gasteiger partial charge < -0.3 is 4.74 Å². The molecule has 0 radical (unpaired) electrons. The molecular formula is C13H6ClFN2O3. The maximum absolute atomic E-state index is 13.0. The summed E-state index contributed by atoms with van der Waals surface area (Å²) in [6.07, 6.45) is 0. The van der Waals surface area contributed by atoms with E-state index in [9.17, 15) is 14.5 Å². The van der Waals surface area contributed by atoms with Gasteiger partial charge in [0.15, 0.2) is 0 Å². The largest absolute Gasteiger partial charge is 0.457 e. The quantitative estimate of drug-likeness (QED) is 0.631. The van der Waals surface area contributed by atoms with E-state index in [0.717, 1.165) is 12.1 Å². The lowest BCUT2D eigenvalue weighted by molar-refractivity contribution is -0.385. The molecule has 0 saturated carbocycles. The summed E-state index contributed by atoms with van der Waals surface area (Å²) in [4.78, 5) is 10.1. The lowest BCUT2D eigenvalue weighted by Crippen LogP contribution is -1.93. The summed E-state index contributed by atoms with van der Waals surface area (Å²) in [5, 5.41) is 19.5. The van der Waals surface area contributed by atoms with Gasteiger partial charge in [0.2, 0.25) is 0 Å². The van der Waals surface area contributed by atoms with Gasteiger partial charge >= 0.3 is 0 Å². The average Bonchev–Trinajstić information content (AvgIpc) is 2.43. The van der Waals surface area contributed by atoms with Gasteiger partial charge in [-0.3, -0.25) is 10.1 Å². The van der Waals surface area contributed by atoms with Crippen LogP contribution in [0.3, 0.4) is 0 Å². The van der Waals surface area contributed by atoms with Crippen molar-refractivity contribution in [2.24, 2.45) is 0 Å². The van der Waals surface area contributed by atoms with Gasteiger partial charge in [0.25, 0.3) is 5.69 Å². The third-order valence-electron chi connectivity index (χ3n) is 2.41. The van der Waals surface area contributed by atoms with E-state index in [1.165, 1.54) is 24.3 Å². The Morgan fingerprint density at radius 3 is 2.50 bits per heavy atom. The normalized spacial score (nSPS) is 9.85. The third kappa shape index (κ3) is 2.84. The standard InChI is InChI=1S/C13H6ClFN2O3/c14-11-5-9(3-4-12(11)15)20-10-2-1-8(7-16)13(6-10)17(18)19/h1-6H. The number of nitro benzene ring substituents is 1. The Balaban J connectivity index is 2.34. The molecule has 0 aromatic heterocycles. The van der Waals surface area contributed by atoms with Crippen molar-refractivity contribution in [3.05, 3.63) is 62.9 Å². The molecule has 0 aliphatic rings. The van der Waals surface area contributed by atoms with Crippen LogP contribution in [0, 0.1) is 27.3 Å². The van der Waals surface area contributed by atoms with Gasteiger partial charge in [-0.05, 0) is 24.3 Å². The molecule has 0 spiro atoms. The maximum Gasteiger partial charge on any atom is 0.290 e. The van der Waals surface area contributed by atoms with Crippen molar-refractivity contribution in [2.45, 2.75) is 0 Å². The molecular weight excluding hydrogens is 287 g/mol. The molecule has 0 heterocycles. The first-order valence-electron chi connectivity index (χ1n) is 5.32. The summed E-state index contributed by atoms with van der Waals surface area (Å²) in [5.74, 6) is -0.210. The molecule has 0 fully saturated rings. The fraction of sp³-hybridized carbons (Fsp3) is 0. The Morgan fingerprint density at radius 2 is 1.90 bits per heavy atom. The molecule has 0 N–H and O–H groups in total. The van der Waals surface area contributed by atoms with E-state index < -0.39 is 10.7 Å². The van der Waals surface area contributed by atoms with Crippen LogP contribution in [0.4, 0.5) is 10.1 Å². The molecule has 2 aromatic carbocycles. The van der Waals surface area contributed by atoms with Gasteiger partial charge in [-0.2, -0.15) is 5.26 Å². The van der Waals surface area contributed by atoms with Crippen LogP contribution in [0.15, 0.2) is 36.4 Å². The minimum Gasteiger partial charge on any atom is -0.457 e. The molecule has 2 rings (SSSR count). The smallest absolute Gasteiger partial charge is 0.290 e. The predicted octanol–water partition coefficient (Wildman–Crippen LogP) is 4.05. The Bertz CT molecular complexity index is 728. The fourth-order valence-corrected chi connectivity index (χ4v) is 1.67. The molecule has 7 heteroatoms. The van der Waals surface area contributed by atoms with E-state index in [-0.39, 0.29) is 27.8 Å². The number of halogens is 2. The van der Waals surface area contributed by atoms with Crippen LogP contribution < -0.4 is 4.74 Å². The van der Waals surface area contributed by atoms with Crippen LogP contribution in [-0.2, 0) is 0 Å². The van der Waals surface area contributed by atoms with E-state index >= 15 is 0 Å². The topological polar surface area (TPSA) is 76.2 Å². The van der Waals surface area contributed by atoms with Crippen LogP contribution in [0.1, 0.15) is 5.56 Å². The average molecular weight is 293 g/mol. The third-order valence-corrected chi connectivity index (χ3v) is 2.70. The first-order valence-corrected chi connectivity index (χ1v) is 5.70. The highest BCUT2D eigenvalue weighted by molar-refractivity contribution is 6.30. The first-order chi connectivity index (χ1) is 9.51. The highest BCUT2D eigenvalue weighted by Crippen LogP contribution is 2.29. The summed E-state index contributed by atoms with van der Waals surface area (Å²) in [6, 6.07) is 9.23. The zero-order valence-corrected chi connectivity index (χ0v) is 10.6. The number of nitriles is 1. The van der Waals surface area contributed by atoms with Gasteiger partial charge in [-0.25, -0.2) is 4.39 Å². The molecule has 0 aliphatic heterocycles. The van der Waals surface area contributed by atoms with E-state index in [1.54, 1.807) is 6.07 Å². The van der Waals surface area contributed by atoms with E-state index in [1.807, 2.05) is 0 Å². The van der Waals surface area contributed by atoms with E-state index in [0.29, 0.717) is 0 Å². The summed E-state index contributed by atoms with van der Waals surface area (Å²) in [6.45, 7) is 0. The number of benzene rings is 2. The molecule has 0 amide bonds. The number of rotatable bonds is 3. The monoisotopic (exact) mass is 292 g/mol. The molecule has 0 unspecified atom stereocenters. The van der Waals surface area contributed by atoms with Gasteiger partial charge in [0.05, 0.1) is 16.0 Å². The summed E-state index contributed by atoms with van der Waals surface area (Å²) < 4.78 is 18.3. The van der Waals surface area contributed by atoms with Crippen LogP contribution in [0.5, 0.6) is 11.5 Å². The number of nitro groups is 1. The molecule has 100 valence electrons. The van der Waals surface area contributed by atoms with Crippen LogP contribution in [-0.4, -0.2) is 4.92 Å². The summed E-state index contributed by atoms with van der Waals surface area (Å²) in [7, 11) is 0. The van der Waals surface area contributed by atoms with Crippen molar-refractivity contribution in [3.63, 3.8) is 0 Å².